The van der Waals surface area contributed by atoms with Crippen molar-refractivity contribution in [2.75, 3.05) is 26.9 Å². The van der Waals surface area contributed by atoms with Gasteiger partial charge in [-0.1, -0.05) is 0 Å². The molecule has 2 saturated heterocycles. The van der Waals surface area contributed by atoms with Crippen LogP contribution < -0.4 is 0 Å². The van der Waals surface area contributed by atoms with E-state index in [-0.39, 0.29) is 11.6 Å². The third kappa shape index (κ3) is 2.39. The fourth-order valence-electron chi connectivity index (χ4n) is 2.80. The molecule has 2 aliphatic heterocycles. The van der Waals surface area contributed by atoms with E-state index in [1.807, 2.05) is 11.9 Å². The second-order valence-electron chi connectivity index (χ2n) is 5.96. The van der Waals surface area contributed by atoms with E-state index < -0.39 is 11.5 Å². The lowest BCUT2D eigenvalue weighted by Gasteiger charge is -2.45. The summed E-state index contributed by atoms with van der Waals surface area (Å²) in [4.78, 5) is 13.3. The molecule has 2 fully saturated rings. The molecule has 2 heterocycles. The van der Waals surface area contributed by atoms with Gasteiger partial charge in [-0.2, -0.15) is 0 Å². The first-order valence-electron chi connectivity index (χ1n) is 6.55. The summed E-state index contributed by atoms with van der Waals surface area (Å²) >= 11 is 0. The van der Waals surface area contributed by atoms with E-state index >= 15 is 0 Å². The number of carbonyl (C=O) groups is 1. The molecule has 5 nitrogen and oxygen atoms in total. The van der Waals surface area contributed by atoms with Gasteiger partial charge in [0.05, 0.1) is 12.2 Å². The van der Waals surface area contributed by atoms with Gasteiger partial charge in [0.25, 0.3) is 0 Å². The smallest absolute Gasteiger partial charge is 0.323 e. The van der Waals surface area contributed by atoms with Gasteiger partial charge in [-0.05, 0) is 33.7 Å². The largest absolute Gasteiger partial charge is 0.480 e. The van der Waals surface area contributed by atoms with Crippen molar-refractivity contribution in [2.45, 2.75) is 50.3 Å². The van der Waals surface area contributed by atoms with Crippen LogP contribution in [0.3, 0.4) is 0 Å². The summed E-state index contributed by atoms with van der Waals surface area (Å²) < 4.78 is 11.3. The zero-order valence-corrected chi connectivity index (χ0v) is 11.4. The molecule has 2 unspecified atom stereocenters. The van der Waals surface area contributed by atoms with E-state index in [0.29, 0.717) is 13.2 Å². The Labute approximate surface area is 108 Å². The second kappa shape index (κ2) is 4.79. The molecule has 0 aromatic carbocycles. The van der Waals surface area contributed by atoms with Crippen LogP contribution in [0, 0.1) is 0 Å². The number of carboxylic acid groups (broad SMARTS) is 1. The summed E-state index contributed by atoms with van der Waals surface area (Å²) in [6.45, 7) is 5.59. The Hall–Kier alpha value is -0.650. The van der Waals surface area contributed by atoms with Gasteiger partial charge in [-0.3, -0.25) is 9.69 Å². The van der Waals surface area contributed by atoms with E-state index in [4.69, 9.17) is 9.47 Å². The minimum absolute atomic E-state index is 0.175. The highest BCUT2D eigenvalue weighted by Crippen LogP contribution is 2.36. The van der Waals surface area contributed by atoms with Crippen molar-refractivity contribution >= 4 is 5.97 Å². The summed E-state index contributed by atoms with van der Waals surface area (Å²) in [5.41, 5.74) is -1.02. The Balaban J connectivity index is 2.07. The van der Waals surface area contributed by atoms with Gasteiger partial charge >= 0.3 is 5.97 Å². The number of rotatable bonds is 3. The van der Waals surface area contributed by atoms with Crippen LogP contribution in [0.1, 0.15) is 33.1 Å². The Kier molecular flexibility index (Phi) is 3.67. The number of hydrogen-bond acceptors (Lipinski definition) is 4. The molecular formula is C13H23NO4. The molecule has 104 valence electrons. The zero-order valence-electron chi connectivity index (χ0n) is 11.4. The van der Waals surface area contributed by atoms with Gasteiger partial charge in [0, 0.05) is 25.7 Å². The summed E-state index contributed by atoms with van der Waals surface area (Å²) in [6, 6.07) is 0.242. The first-order valence-corrected chi connectivity index (χ1v) is 6.55. The molecule has 0 aliphatic carbocycles. The van der Waals surface area contributed by atoms with Gasteiger partial charge in [0.1, 0.15) is 5.54 Å². The Morgan fingerprint density at radius 3 is 2.72 bits per heavy atom. The molecule has 2 atom stereocenters. The van der Waals surface area contributed by atoms with Gasteiger partial charge in [-0.25, -0.2) is 0 Å². The zero-order chi connectivity index (χ0) is 13.4. The molecule has 0 saturated carbocycles. The van der Waals surface area contributed by atoms with E-state index in [1.165, 1.54) is 0 Å². The Morgan fingerprint density at radius 2 is 2.17 bits per heavy atom. The van der Waals surface area contributed by atoms with E-state index in [0.717, 1.165) is 25.9 Å². The van der Waals surface area contributed by atoms with E-state index in [1.54, 1.807) is 13.8 Å². The number of ether oxygens (including phenoxy) is 2. The van der Waals surface area contributed by atoms with Crippen molar-refractivity contribution in [1.82, 2.24) is 4.90 Å². The number of hydrogen-bond donors (Lipinski definition) is 1. The third-order valence-electron chi connectivity index (χ3n) is 4.49. The summed E-state index contributed by atoms with van der Waals surface area (Å²) in [5, 5.41) is 9.30. The second-order valence-corrected chi connectivity index (χ2v) is 5.96. The van der Waals surface area contributed by atoms with Crippen LogP contribution >= 0.6 is 0 Å². The SMILES string of the molecule is CN(C1CCOC2(CCOC2)C1)C(C)(C)C(=O)O. The van der Waals surface area contributed by atoms with Crippen molar-refractivity contribution in [3.05, 3.63) is 0 Å². The predicted molar refractivity (Wildman–Crippen MR) is 66.6 cm³/mol. The molecule has 0 aromatic rings. The fraction of sp³-hybridized carbons (Fsp3) is 0.923. The molecule has 1 spiro atoms. The first kappa shape index (κ1) is 13.8. The molecular weight excluding hydrogens is 234 g/mol. The van der Waals surface area contributed by atoms with Crippen LogP contribution in [-0.2, 0) is 14.3 Å². The molecule has 0 radical (unpaired) electrons. The highest BCUT2D eigenvalue weighted by atomic mass is 16.6. The first-order chi connectivity index (χ1) is 8.37. The van der Waals surface area contributed by atoms with Gasteiger partial charge < -0.3 is 14.6 Å². The van der Waals surface area contributed by atoms with Crippen LogP contribution in [-0.4, -0.2) is 60.0 Å². The molecule has 2 rings (SSSR count). The maximum Gasteiger partial charge on any atom is 0.323 e. The lowest BCUT2D eigenvalue weighted by molar-refractivity contribution is -0.155. The minimum Gasteiger partial charge on any atom is -0.480 e. The van der Waals surface area contributed by atoms with Crippen molar-refractivity contribution in [3.8, 4) is 0 Å². The van der Waals surface area contributed by atoms with Crippen LogP contribution in [0.2, 0.25) is 0 Å². The van der Waals surface area contributed by atoms with Crippen LogP contribution in [0.25, 0.3) is 0 Å². The molecule has 0 aromatic heterocycles. The molecule has 0 bridgehead atoms. The van der Waals surface area contributed by atoms with Gasteiger partial charge in [0.2, 0.25) is 0 Å². The average Bonchev–Trinajstić information content (AvgIpc) is 2.76. The Bertz CT molecular complexity index is 323. The lowest BCUT2D eigenvalue weighted by Crippen LogP contribution is -2.57. The molecule has 5 heteroatoms. The molecule has 18 heavy (non-hydrogen) atoms. The molecule has 0 amide bonds. The average molecular weight is 257 g/mol. The monoisotopic (exact) mass is 257 g/mol. The Morgan fingerprint density at radius 1 is 1.44 bits per heavy atom. The normalized spacial score (nSPS) is 33.2. The summed E-state index contributed by atoms with van der Waals surface area (Å²) in [5.74, 6) is -0.784. The maximum atomic E-state index is 11.3. The van der Waals surface area contributed by atoms with Gasteiger partial charge in [-0.15, -0.1) is 0 Å². The highest BCUT2D eigenvalue weighted by Gasteiger charge is 2.45. The lowest BCUT2D eigenvalue weighted by atomic mass is 9.87. The fourth-order valence-corrected chi connectivity index (χ4v) is 2.80. The quantitative estimate of drug-likeness (QED) is 0.821. The van der Waals surface area contributed by atoms with E-state index in [2.05, 4.69) is 0 Å². The molecule has 1 N–H and O–H groups in total. The van der Waals surface area contributed by atoms with Crippen LogP contribution in [0.15, 0.2) is 0 Å². The standard InChI is InChI=1S/C13H23NO4/c1-12(2,11(15)16)14(3)10-4-6-18-13(8-10)5-7-17-9-13/h10H,4-9H2,1-3H3,(H,15,16). The van der Waals surface area contributed by atoms with Crippen molar-refractivity contribution in [3.63, 3.8) is 0 Å². The third-order valence-corrected chi connectivity index (χ3v) is 4.49. The summed E-state index contributed by atoms with van der Waals surface area (Å²) in [6.07, 6.45) is 2.67. The maximum absolute atomic E-state index is 11.3. The summed E-state index contributed by atoms with van der Waals surface area (Å²) in [7, 11) is 1.90. The number of aliphatic carboxylic acids is 1. The van der Waals surface area contributed by atoms with E-state index in [9.17, 15) is 9.90 Å². The van der Waals surface area contributed by atoms with Crippen LogP contribution in [0.5, 0.6) is 0 Å². The highest BCUT2D eigenvalue weighted by molar-refractivity contribution is 5.77. The number of likely N-dealkylation sites (N-methyl/N-ethyl adjacent to an activating group) is 1. The molecule has 2 aliphatic rings. The van der Waals surface area contributed by atoms with Crippen molar-refractivity contribution < 1.29 is 19.4 Å². The predicted octanol–water partition coefficient (Wildman–Crippen LogP) is 1.12. The van der Waals surface area contributed by atoms with Crippen molar-refractivity contribution in [2.24, 2.45) is 0 Å². The number of carboxylic acids is 1. The van der Waals surface area contributed by atoms with Crippen molar-refractivity contribution in [1.29, 1.82) is 0 Å². The van der Waals surface area contributed by atoms with Crippen LogP contribution in [0.4, 0.5) is 0 Å². The minimum atomic E-state index is -0.845. The number of nitrogens with zero attached hydrogens (tertiary/aromatic N) is 1. The topological polar surface area (TPSA) is 59.0 Å². The van der Waals surface area contributed by atoms with Gasteiger partial charge in [0.15, 0.2) is 0 Å².